The summed E-state index contributed by atoms with van der Waals surface area (Å²) in [6.07, 6.45) is 0. The fourth-order valence-corrected chi connectivity index (χ4v) is 2.44. The maximum absolute atomic E-state index is 12.3. The molecule has 7 nitrogen and oxygen atoms in total. The molecule has 0 saturated carbocycles. The van der Waals surface area contributed by atoms with Gasteiger partial charge in [-0.2, -0.15) is 5.10 Å². The molecule has 2 rings (SSSR count). The van der Waals surface area contributed by atoms with Crippen LogP contribution in [0.5, 0.6) is 0 Å². The number of nitrogens with zero attached hydrogens (tertiary/aromatic N) is 2. The third-order valence-corrected chi connectivity index (χ3v) is 3.31. The first kappa shape index (κ1) is 18.6. The highest BCUT2D eigenvalue weighted by atomic mass is 32.1. The van der Waals surface area contributed by atoms with E-state index in [2.05, 4.69) is 21.3 Å². The number of carbonyl (C=O) groups excluding carboxylic acids is 1. The zero-order valence-electron chi connectivity index (χ0n) is 14.6. The Morgan fingerprint density at radius 3 is 2.40 bits per heavy atom. The highest BCUT2D eigenvalue weighted by Gasteiger charge is 2.16. The molecule has 0 unspecified atom stereocenters. The molecule has 8 heteroatoms. The van der Waals surface area contributed by atoms with E-state index in [1.54, 1.807) is 11.6 Å². The Kier molecular flexibility index (Phi) is 5.53. The highest BCUT2D eigenvalue weighted by molar-refractivity contribution is 7.80. The third kappa shape index (κ3) is 5.12. The number of hydrogen-bond acceptors (Lipinski definition) is 4. The van der Waals surface area contributed by atoms with Gasteiger partial charge in [-0.1, -0.05) is 18.2 Å². The number of thiocarbonyl (C=S) groups is 1. The van der Waals surface area contributed by atoms with E-state index in [9.17, 15) is 9.59 Å². The highest BCUT2D eigenvalue weighted by Crippen LogP contribution is 2.07. The van der Waals surface area contributed by atoms with E-state index in [1.807, 2.05) is 51.1 Å². The summed E-state index contributed by atoms with van der Waals surface area (Å²) in [4.78, 5) is 24.4. The molecule has 1 aromatic heterocycles. The lowest BCUT2D eigenvalue weighted by Gasteiger charge is -2.23. The van der Waals surface area contributed by atoms with E-state index >= 15 is 0 Å². The summed E-state index contributed by atoms with van der Waals surface area (Å²) in [7, 11) is 0. The Morgan fingerprint density at radius 2 is 1.80 bits per heavy atom. The monoisotopic (exact) mass is 359 g/mol. The van der Waals surface area contributed by atoms with Gasteiger partial charge < -0.3 is 5.32 Å². The minimum atomic E-state index is -0.659. The summed E-state index contributed by atoms with van der Waals surface area (Å²) in [5, 5.41) is 7.42. The van der Waals surface area contributed by atoms with Gasteiger partial charge in [-0.25, -0.2) is 4.68 Å². The van der Waals surface area contributed by atoms with Crippen LogP contribution in [0, 0.1) is 6.92 Å². The topological polar surface area (TPSA) is 88.1 Å². The smallest absolute Gasteiger partial charge is 0.294 e. The van der Waals surface area contributed by atoms with Crippen LogP contribution in [-0.4, -0.2) is 26.3 Å². The molecular weight excluding hydrogens is 338 g/mol. The van der Waals surface area contributed by atoms with Crippen LogP contribution in [0.1, 0.15) is 37.0 Å². The molecule has 2 aromatic rings. The van der Waals surface area contributed by atoms with E-state index < -0.39 is 11.3 Å². The molecule has 25 heavy (non-hydrogen) atoms. The van der Waals surface area contributed by atoms with Crippen molar-refractivity contribution in [2.24, 2.45) is 0 Å². The predicted molar refractivity (Wildman–Crippen MR) is 101 cm³/mol. The van der Waals surface area contributed by atoms with Crippen molar-refractivity contribution < 1.29 is 4.79 Å². The minimum absolute atomic E-state index is 0.222. The van der Waals surface area contributed by atoms with Crippen molar-refractivity contribution in [3.05, 3.63) is 58.0 Å². The SMILES string of the molecule is Cc1cc(=O)c(C(=O)NNC(=S)NC(C)(C)C)nn1-c1ccccc1. The van der Waals surface area contributed by atoms with Crippen molar-refractivity contribution >= 4 is 23.2 Å². The van der Waals surface area contributed by atoms with E-state index in [0.29, 0.717) is 5.69 Å². The van der Waals surface area contributed by atoms with Crippen molar-refractivity contribution in [3.8, 4) is 5.69 Å². The largest absolute Gasteiger partial charge is 0.357 e. The summed E-state index contributed by atoms with van der Waals surface area (Å²) in [5.74, 6) is -0.659. The normalized spacial score (nSPS) is 10.9. The molecule has 132 valence electrons. The first-order valence-electron chi connectivity index (χ1n) is 7.72. The molecule has 0 radical (unpaired) electrons. The van der Waals surface area contributed by atoms with Crippen molar-refractivity contribution in [1.82, 2.24) is 25.9 Å². The Labute approximate surface area is 151 Å². The van der Waals surface area contributed by atoms with Crippen LogP contribution in [-0.2, 0) is 0 Å². The second kappa shape index (κ2) is 7.43. The van der Waals surface area contributed by atoms with Crippen LogP contribution in [0.15, 0.2) is 41.2 Å². The number of para-hydroxylation sites is 1. The van der Waals surface area contributed by atoms with Gasteiger partial charge in [0.1, 0.15) is 0 Å². The van der Waals surface area contributed by atoms with Crippen LogP contribution >= 0.6 is 12.2 Å². The number of hydrazine groups is 1. The maximum atomic E-state index is 12.3. The van der Waals surface area contributed by atoms with Crippen molar-refractivity contribution in [3.63, 3.8) is 0 Å². The molecule has 1 amide bonds. The van der Waals surface area contributed by atoms with Gasteiger partial charge in [0.15, 0.2) is 10.8 Å². The Hall–Kier alpha value is -2.74. The number of hydrogen-bond donors (Lipinski definition) is 3. The standard InChI is InChI=1S/C17H21N5O2S/c1-11-10-13(23)14(21-22(11)12-8-6-5-7-9-12)15(24)19-20-16(25)18-17(2,3)4/h5-10H,1-4H3,(H,19,24)(H2,18,20,25). The number of rotatable bonds is 2. The Balaban J connectivity index is 2.20. The molecule has 0 aliphatic carbocycles. The number of nitrogens with one attached hydrogen (secondary N) is 3. The maximum Gasteiger partial charge on any atom is 0.294 e. The van der Waals surface area contributed by atoms with E-state index in [1.165, 1.54) is 6.07 Å². The Bertz CT molecular complexity index is 840. The second-order valence-corrected chi connectivity index (χ2v) is 6.94. The fourth-order valence-electron chi connectivity index (χ4n) is 2.08. The summed E-state index contributed by atoms with van der Waals surface area (Å²) in [5.41, 5.74) is 5.42. The quantitative estimate of drug-likeness (QED) is 0.556. The molecule has 0 atom stereocenters. The summed E-state index contributed by atoms with van der Waals surface area (Å²) < 4.78 is 1.54. The van der Waals surface area contributed by atoms with E-state index in [4.69, 9.17) is 12.2 Å². The summed E-state index contributed by atoms with van der Waals surface area (Å²) in [6, 6.07) is 10.6. The van der Waals surface area contributed by atoms with Gasteiger partial charge >= 0.3 is 0 Å². The molecule has 3 N–H and O–H groups in total. The molecular formula is C17H21N5O2S. The minimum Gasteiger partial charge on any atom is -0.357 e. The average Bonchev–Trinajstić information content (AvgIpc) is 2.52. The summed E-state index contributed by atoms with van der Waals surface area (Å²) >= 11 is 5.09. The van der Waals surface area contributed by atoms with Crippen LogP contribution in [0.2, 0.25) is 0 Å². The Morgan fingerprint density at radius 1 is 1.16 bits per heavy atom. The molecule has 0 spiro atoms. The van der Waals surface area contributed by atoms with Gasteiger partial charge in [-0.05, 0) is 52.0 Å². The van der Waals surface area contributed by atoms with Gasteiger partial charge in [0.2, 0.25) is 5.43 Å². The van der Waals surface area contributed by atoms with Crippen LogP contribution in [0.4, 0.5) is 0 Å². The molecule has 0 aliphatic rings. The van der Waals surface area contributed by atoms with Gasteiger partial charge in [0, 0.05) is 17.3 Å². The van der Waals surface area contributed by atoms with Gasteiger partial charge in [0.05, 0.1) is 5.69 Å². The average molecular weight is 359 g/mol. The van der Waals surface area contributed by atoms with Crippen LogP contribution in [0.25, 0.3) is 5.69 Å². The predicted octanol–water partition coefficient (Wildman–Crippen LogP) is 1.45. The van der Waals surface area contributed by atoms with Crippen molar-refractivity contribution in [1.29, 1.82) is 0 Å². The lowest BCUT2D eigenvalue weighted by Crippen LogP contribution is -2.52. The van der Waals surface area contributed by atoms with Gasteiger partial charge in [-0.3, -0.25) is 20.4 Å². The van der Waals surface area contributed by atoms with Crippen molar-refractivity contribution in [2.75, 3.05) is 0 Å². The molecule has 0 fully saturated rings. The molecule has 0 bridgehead atoms. The molecule has 0 aliphatic heterocycles. The lowest BCUT2D eigenvalue weighted by atomic mass is 10.1. The lowest BCUT2D eigenvalue weighted by molar-refractivity contribution is 0.0935. The van der Waals surface area contributed by atoms with E-state index in [-0.39, 0.29) is 16.3 Å². The molecule has 1 aromatic carbocycles. The van der Waals surface area contributed by atoms with Crippen molar-refractivity contribution in [2.45, 2.75) is 33.2 Å². The zero-order chi connectivity index (χ0) is 18.6. The third-order valence-electron chi connectivity index (χ3n) is 3.10. The number of benzene rings is 1. The van der Waals surface area contributed by atoms with Gasteiger partial charge in [0.25, 0.3) is 5.91 Å². The number of aryl methyl sites for hydroxylation is 1. The first-order valence-corrected chi connectivity index (χ1v) is 8.13. The first-order chi connectivity index (χ1) is 11.7. The van der Waals surface area contributed by atoms with Crippen LogP contribution < -0.4 is 21.6 Å². The zero-order valence-corrected chi connectivity index (χ0v) is 15.4. The molecule has 0 saturated heterocycles. The summed E-state index contributed by atoms with van der Waals surface area (Å²) in [6.45, 7) is 7.55. The van der Waals surface area contributed by atoms with E-state index in [0.717, 1.165) is 5.69 Å². The number of carbonyl (C=O) groups is 1. The second-order valence-electron chi connectivity index (χ2n) is 6.53. The van der Waals surface area contributed by atoms with Gasteiger partial charge in [-0.15, -0.1) is 0 Å². The van der Waals surface area contributed by atoms with Crippen LogP contribution in [0.3, 0.4) is 0 Å². The fraction of sp³-hybridized carbons (Fsp3) is 0.294. The number of amides is 1. The number of aromatic nitrogens is 2. The molecule has 1 heterocycles.